The average Bonchev–Trinajstić information content (AvgIpc) is 3.52. The highest BCUT2D eigenvalue weighted by molar-refractivity contribution is 6.75. The first-order chi connectivity index (χ1) is 19.9. The molecule has 0 spiro atoms. The van der Waals surface area contributed by atoms with Gasteiger partial charge in [-0.3, -0.25) is 0 Å². The van der Waals surface area contributed by atoms with E-state index in [1.807, 2.05) is 0 Å². The van der Waals surface area contributed by atoms with Gasteiger partial charge in [-0.2, -0.15) is 0 Å². The fourth-order valence-corrected chi connectivity index (χ4v) is 8.19. The molecule has 2 aliphatic heterocycles. The second-order valence-corrected chi connectivity index (χ2v) is 24.7. The van der Waals surface area contributed by atoms with Crippen LogP contribution >= 0.6 is 0 Å². The minimum Gasteiger partial charge on any atom is -0.539 e. The Kier molecular flexibility index (Phi) is 7.96. The molecule has 0 radical (unpaired) electrons. The quantitative estimate of drug-likeness (QED) is 0.285. The smallest absolute Gasteiger partial charge is 0.250 e. The molecule has 2 aromatic rings. The maximum atomic E-state index is 7.23. The molecule has 0 bridgehead atoms. The maximum Gasteiger partial charge on any atom is 0.250 e. The second-order valence-electron chi connectivity index (χ2n) is 15.2. The molecule has 9 heteroatoms. The molecule has 3 aliphatic rings. The van der Waals surface area contributed by atoms with E-state index in [2.05, 4.69) is 98.6 Å². The molecule has 1 fully saturated rings. The highest BCUT2D eigenvalue weighted by atomic mass is 28.4. The topological polar surface area (TPSA) is 64.6 Å². The molecule has 7 nitrogen and oxygen atoms in total. The van der Waals surface area contributed by atoms with Crippen molar-refractivity contribution in [3.05, 3.63) is 53.3 Å². The standard InChI is InChI=1S/C34H50O7Si2/c1-20-29-24(18-37-20)31(40-42(10,11)33(2,3)4)23-17-26-25(38-19-39-26)16-22(23)30(29)21-14-27(35-8)32(28(15-21)36-9)41-43(12,13)34(5,6)7/h14-17,24,29-31H,1,18-19H2,2-13H3/t24-,29-,30+,31+/m0/s1. The highest BCUT2D eigenvalue weighted by Crippen LogP contribution is 2.60. The second kappa shape index (κ2) is 10.8. The van der Waals surface area contributed by atoms with Crippen LogP contribution in [0.25, 0.3) is 0 Å². The van der Waals surface area contributed by atoms with Gasteiger partial charge >= 0.3 is 0 Å². The molecule has 43 heavy (non-hydrogen) atoms. The molecule has 0 aromatic heterocycles. The summed E-state index contributed by atoms with van der Waals surface area (Å²) in [7, 11) is -0.964. The first-order valence-electron chi connectivity index (χ1n) is 15.3. The van der Waals surface area contributed by atoms with E-state index in [1.165, 1.54) is 0 Å². The zero-order valence-electron chi connectivity index (χ0n) is 28.1. The fraction of sp³-hybridized carbons (Fsp3) is 0.588. The molecule has 1 saturated heterocycles. The van der Waals surface area contributed by atoms with Gasteiger partial charge in [0.05, 0.1) is 32.7 Å². The Labute approximate surface area is 260 Å². The van der Waals surface area contributed by atoms with Crippen molar-refractivity contribution in [1.29, 1.82) is 0 Å². The van der Waals surface area contributed by atoms with Crippen molar-refractivity contribution in [2.75, 3.05) is 27.6 Å². The van der Waals surface area contributed by atoms with Crippen LogP contribution in [-0.2, 0) is 9.16 Å². The molecular formula is C34H50O7Si2. The monoisotopic (exact) mass is 626 g/mol. The first kappa shape index (κ1) is 31.8. The number of ether oxygens (including phenoxy) is 5. The normalized spacial score (nSPS) is 23.4. The van der Waals surface area contributed by atoms with Crippen LogP contribution in [0.2, 0.25) is 36.3 Å². The van der Waals surface area contributed by atoms with Crippen LogP contribution < -0.4 is 23.4 Å². The first-order valence-corrected chi connectivity index (χ1v) is 21.1. The number of hydrogen-bond donors (Lipinski definition) is 0. The van der Waals surface area contributed by atoms with Crippen LogP contribution in [0, 0.1) is 11.8 Å². The number of fused-ring (bicyclic) bond motifs is 3. The lowest BCUT2D eigenvalue weighted by molar-refractivity contribution is 0.0775. The van der Waals surface area contributed by atoms with Gasteiger partial charge in [0, 0.05) is 17.8 Å². The van der Waals surface area contributed by atoms with Gasteiger partial charge in [0.15, 0.2) is 37.1 Å². The van der Waals surface area contributed by atoms with Crippen molar-refractivity contribution < 1.29 is 32.5 Å². The van der Waals surface area contributed by atoms with Gasteiger partial charge in [-0.05, 0) is 77.2 Å². The maximum absolute atomic E-state index is 7.23. The highest BCUT2D eigenvalue weighted by Gasteiger charge is 2.53. The van der Waals surface area contributed by atoms with Crippen LogP contribution in [0.4, 0.5) is 0 Å². The Morgan fingerprint density at radius 2 is 1.30 bits per heavy atom. The average molecular weight is 627 g/mol. The van der Waals surface area contributed by atoms with Gasteiger partial charge < -0.3 is 32.5 Å². The molecule has 0 saturated carbocycles. The summed E-state index contributed by atoms with van der Waals surface area (Å²) in [4.78, 5) is 0. The Bertz CT molecular complexity index is 1380. The zero-order valence-corrected chi connectivity index (χ0v) is 30.1. The fourth-order valence-electron chi connectivity index (χ4n) is 5.88. The Morgan fingerprint density at radius 3 is 1.81 bits per heavy atom. The summed E-state index contributed by atoms with van der Waals surface area (Å²) in [6.07, 6.45) is -0.157. The Hall–Kier alpha value is -2.63. The van der Waals surface area contributed by atoms with Crippen LogP contribution in [0.1, 0.15) is 70.3 Å². The summed E-state index contributed by atoms with van der Waals surface area (Å²) in [5.41, 5.74) is 3.30. The molecule has 4 atom stereocenters. The van der Waals surface area contributed by atoms with Gasteiger partial charge in [-0.25, -0.2) is 0 Å². The summed E-state index contributed by atoms with van der Waals surface area (Å²) in [5.74, 6) is 4.23. The Morgan fingerprint density at radius 1 is 0.767 bits per heavy atom. The van der Waals surface area contributed by atoms with Crippen molar-refractivity contribution in [3.8, 4) is 28.7 Å². The zero-order chi connectivity index (χ0) is 31.7. The van der Waals surface area contributed by atoms with E-state index in [1.54, 1.807) is 14.2 Å². The molecule has 5 rings (SSSR count). The van der Waals surface area contributed by atoms with Gasteiger partial charge in [0.1, 0.15) is 0 Å². The summed E-state index contributed by atoms with van der Waals surface area (Å²) in [6.45, 7) is 27.8. The number of hydrogen-bond acceptors (Lipinski definition) is 7. The lowest BCUT2D eigenvalue weighted by atomic mass is 9.65. The lowest BCUT2D eigenvalue weighted by Gasteiger charge is -2.46. The van der Waals surface area contributed by atoms with E-state index in [9.17, 15) is 0 Å². The number of benzene rings is 2. The van der Waals surface area contributed by atoms with Crippen LogP contribution in [0.5, 0.6) is 28.7 Å². The molecule has 236 valence electrons. The van der Waals surface area contributed by atoms with Crippen molar-refractivity contribution >= 4 is 16.6 Å². The van der Waals surface area contributed by atoms with Gasteiger partial charge in [-0.15, -0.1) is 0 Å². The molecule has 2 aromatic carbocycles. The molecule has 0 amide bonds. The third-order valence-corrected chi connectivity index (χ3v) is 19.3. The summed E-state index contributed by atoms with van der Waals surface area (Å²) in [5, 5.41) is 0.0603. The predicted octanol–water partition coefficient (Wildman–Crippen LogP) is 8.80. The summed E-state index contributed by atoms with van der Waals surface area (Å²) in [6, 6.07) is 8.46. The minimum atomic E-state index is -2.18. The van der Waals surface area contributed by atoms with E-state index in [4.69, 9.17) is 32.5 Å². The molecule has 0 unspecified atom stereocenters. The van der Waals surface area contributed by atoms with E-state index >= 15 is 0 Å². The molecule has 2 heterocycles. The summed E-state index contributed by atoms with van der Waals surface area (Å²) >= 11 is 0. The van der Waals surface area contributed by atoms with E-state index in [-0.39, 0.29) is 40.7 Å². The number of allylic oxidation sites excluding steroid dienone is 1. The van der Waals surface area contributed by atoms with Crippen LogP contribution in [0.15, 0.2) is 36.6 Å². The van der Waals surface area contributed by atoms with Crippen LogP contribution in [-0.4, -0.2) is 44.3 Å². The van der Waals surface area contributed by atoms with Crippen molar-refractivity contribution in [3.63, 3.8) is 0 Å². The van der Waals surface area contributed by atoms with Gasteiger partial charge in [0.25, 0.3) is 8.32 Å². The van der Waals surface area contributed by atoms with Crippen molar-refractivity contribution in [1.82, 2.24) is 0 Å². The van der Waals surface area contributed by atoms with Crippen molar-refractivity contribution in [2.24, 2.45) is 11.8 Å². The third-order valence-electron chi connectivity index (χ3n) is 10.5. The third kappa shape index (κ3) is 5.46. The SMILES string of the molecule is C=C1OC[C@H]2[C@H]1[C@H](c1cc(OC)c(O[Si](C)(C)C(C)(C)C)c(OC)c1)c1cc3c(cc1[C@H]2O[Si](C)(C)C(C)(C)C)OCO3. The van der Waals surface area contributed by atoms with Gasteiger partial charge in [0.2, 0.25) is 6.79 Å². The van der Waals surface area contributed by atoms with Crippen molar-refractivity contribution in [2.45, 2.75) is 89.8 Å². The minimum absolute atomic E-state index is 0.00999. The predicted molar refractivity (Wildman–Crippen MR) is 175 cm³/mol. The molecule has 0 N–H and O–H groups in total. The molecule has 1 aliphatic carbocycles. The Balaban J connectivity index is 1.70. The van der Waals surface area contributed by atoms with Crippen LogP contribution in [0.3, 0.4) is 0 Å². The van der Waals surface area contributed by atoms with E-state index in [0.29, 0.717) is 23.9 Å². The number of rotatable bonds is 7. The largest absolute Gasteiger partial charge is 0.539 e. The molecular weight excluding hydrogens is 577 g/mol. The summed E-state index contributed by atoms with van der Waals surface area (Å²) < 4.78 is 44.1. The van der Waals surface area contributed by atoms with E-state index in [0.717, 1.165) is 33.9 Å². The van der Waals surface area contributed by atoms with Gasteiger partial charge in [-0.1, -0.05) is 48.1 Å². The number of methoxy groups -OCH3 is 2. The van der Waals surface area contributed by atoms with E-state index < -0.39 is 16.6 Å². The lowest BCUT2D eigenvalue weighted by Crippen LogP contribution is -2.45.